The molecule has 0 aliphatic heterocycles. The van der Waals surface area contributed by atoms with Crippen LogP contribution < -0.4 is 6.15 Å². The summed E-state index contributed by atoms with van der Waals surface area (Å²) in [7, 11) is -9.33. The summed E-state index contributed by atoms with van der Waals surface area (Å²) in [6.07, 6.45) is 0. The smallest absolute Gasteiger partial charge is 1.00 e. The Morgan fingerprint density at radius 1 is 0.833 bits per heavy atom. The summed E-state index contributed by atoms with van der Waals surface area (Å²) >= 11 is 0. The molecule has 0 rings (SSSR count). The van der Waals surface area contributed by atoms with Crippen LogP contribution in [-0.4, -0.2) is 72.8 Å². The van der Waals surface area contributed by atoms with Gasteiger partial charge in [0.2, 0.25) is 0 Å². The van der Waals surface area contributed by atoms with Gasteiger partial charge in [0.25, 0.3) is 0 Å². The van der Waals surface area contributed by atoms with Gasteiger partial charge in [-0.05, 0) is 0 Å². The first-order valence-corrected chi connectivity index (χ1v) is 4.19. The van der Waals surface area contributed by atoms with Crippen molar-refractivity contribution < 1.29 is 40.8 Å². The second-order valence-corrected chi connectivity index (χ2v) is 2.69. The molecule has 0 aromatic heterocycles. The minimum absolute atomic E-state index is 0. The molecule has 7 N–H and O–H groups in total. The van der Waals surface area contributed by atoms with E-state index in [4.69, 9.17) is 35.0 Å². The van der Waals surface area contributed by atoms with Crippen LogP contribution in [0.3, 0.4) is 0 Å². The first-order chi connectivity index (χ1) is 4.00. The van der Waals surface area contributed by atoms with E-state index >= 15 is 0 Å². The molecule has 0 saturated carbocycles. The van der Waals surface area contributed by atoms with Crippen molar-refractivity contribution in [2.24, 2.45) is 0 Å². The van der Waals surface area contributed by atoms with Crippen LogP contribution in [0.4, 0.5) is 0 Å². The van der Waals surface area contributed by atoms with Crippen molar-refractivity contribution in [3.63, 3.8) is 0 Å². The molecule has 0 aromatic carbocycles. The Balaban J connectivity index is -0.00000000970. The van der Waals surface area contributed by atoms with Crippen LogP contribution in [0, 0.1) is 0 Å². The second-order valence-electron chi connectivity index (χ2n) is 0.896. The van der Waals surface area contributed by atoms with Crippen molar-refractivity contribution in [1.29, 1.82) is 0 Å². The van der Waals surface area contributed by atoms with E-state index in [1.54, 1.807) is 0 Å². The Labute approximate surface area is 105 Å². The van der Waals surface area contributed by atoms with Crippen LogP contribution in [0.2, 0.25) is 0 Å². The third-order valence-corrected chi connectivity index (χ3v) is 0. The van der Waals surface area contributed by atoms with E-state index < -0.39 is 20.8 Å². The topological polar surface area (TPSA) is 184 Å². The SMILES string of the molecule is N.O=S(=O)(O)O.O=S(=O)(O)O.[Ca+2].[H+].[H+].[H-].[H-]. The zero-order valence-corrected chi connectivity index (χ0v) is 9.49. The molecule has 76 valence electrons. The van der Waals surface area contributed by atoms with Crippen LogP contribution in [0.1, 0.15) is 5.71 Å². The third kappa shape index (κ3) is 1180. The van der Waals surface area contributed by atoms with Crippen LogP contribution in [-0.2, 0) is 20.8 Å². The number of rotatable bonds is 0. The quantitative estimate of drug-likeness (QED) is 0.266. The summed E-state index contributed by atoms with van der Waals surface area (Å²) < 4.78 is 63.2. The molecule has 0 radical (unpaired) electrons. The normalized spacial score (nSPS) is 9.67. The van der Waals surface area contributed by atoms with Crippen molar-refractivity contribution in [1.82, 2.24) is 6.15 Å². The molecular formula is H11CaNO8S2+2. The predicted molar refractivity (Wildman–Crippen MR) is 43.6 cm³/mol. The number of hydrogen-bond donors (Lipinski definition) is 5. The van der Waals surface area contributed by atoms with Crippen LogP contribution in [0.15, 0.2) is 0 Å². The maximum atomic E-state index is 8.74. The van der Waals surface area contributed by atoms with Crippen molar-refractivity contribution in [2.75, 3.05) is 0 Å². The fraction of sp³-hybridized carbons (Fsp3) is 0. The zero-order valence-electron chi connectivity index (χ0n) is 9.65. The molecule has 0 amide bonds. The molecule has 9 nitrogen and oxygen atoms in total. The van der Waals surface area contributed by atoms with E-state index in [0.717, 1.165) is 0 Å². The summed E-state index contributed by atoms with van der Waals surface area (Å²) in [5, 5.41) is 0. The average Bonchev–Trinajstić information content (AvgIpc) is 1.12. The van der Waals surface area contributed by atoms with Gasteiger partial charge in [-0.2, -0.15) is 16.8 Å². The van der Waals surface area contributed by atoms with Gasteiger partial charge < -0.3 is 9.00 Å². The maximum absolute atomic E-state index is 8.74. The molecule has 0 fully saturated rings. The van der Waals surface area contributed by atoms with Crippen molar-refractivity contribution in [3.05, 3.63) is 0 Å². The monoisotopic (exact) mass is 257 g/mol. The first-order valence-electron chi connectivity index (χ1n) is 1.40. The van der Waals surface area contributed by atoms with Crippen LogP contribution >= 0.6 is 0 Å². The van der Waals surface area contributed by atoms with Gasteiger partial charge in [0, 0.05) is 0 Å². The standard InChI is InChI=1S/Ca.H3N.2H2O4S.2H/c;;2*1-5(2,3)4;;/h;1H3;2*(H2,1,2,3,4);;/q+2;;;;2*-1/p+2. The second kappa shape index (κ2) is 8.55. The minimum Gasteiger partial charge on any atom is -1.00 e. The van der Waals surface area contributed by atoms with Crippen molar-refractivity contribution in [3.8, 4) is 0 Å². The third-order valence-electron chi connectivity index (χ3n) is 0. The van der Waals surface area contributed by atoms with E-state index in [1.807, 2.05) is 0 Å². The van der Waals surface area contributed by atoms with Crippen LogP contribution in [0.5, 0.6) is 0 Å². The van der Waals surface area contributed by atoms with E-state index in [2.05, 4.69) is 0 Å². The van der Waals surface area contributed by atoms with Gasteiger partial charge in [-0.25, -0.2) is 0 Å². The summed E-state index contributed by atoms with van der Waals surface area (Å²) in [4.78, 5) is 0. The molecular weight excluding hydrogens is 246 g/mol. The molecule has 12 heteroatoms. The molecule has 12 heavy (non-hydrogen) atoms. The molecule has 0 saturated heterocycles. The molecule has 0 bridgehead atoms. The predicted octanol–water partition coefficient (Wildman–Crippen LogP) is -1.07. The fourth-order valence-electron chi connectivity index (χ4n) is 0. The van der Waals surface area contributed by atoms with Gasteiger partial charge >= 0.3 is 61.4 Å². The summed E-state index contributed by atoms with van der Waals surface area (Å²) in [5.74, 6) is 0. The van der Waals surface area contributed by atoms with Crippen molar-refractivity contribution in [2.45, 2.75) is 0 Å². The largest absolute Gasteiger partial charge is 2.00 e. The van der Waals surface area contributed by atoms with Gasteiger partial charge in [0.1, 0.15) is 0 Å². The molecule has 0 atom stereocenters. The molecule has 0 aromatic rings. The molecule has 0 spiro atoms. The number of hydrogen-bond acceptors (Lipinski definition) is 5. The Morgan fingerprint density at radius 3 is 0.833 bits per heavy atom. The van der Waals surface area contributed by atoms with Crippen LogP contribution in [0.25, 0.3) is 0 Å². The zero-order chi connectivity index (χ0) is 9.00. The summed E-state index contributed by atoms with van der Waals surface area (Å²) in [6, 6.07) is 0. The van der Waals surface area contributed by atoms with Gasteiger partial charge in [0.05, 0.1) is 0 Å². The molecule has 0 aliphatic rings. The average molecular weight is 257 g/mol. The van der Waals surface area contributed by atoms with E-state index in [-0.39, 0.29) is 49.6 Å². The van der Waals surface area contributed by atoms with Gasteiger partial charge in [-0.3, -0.25) is 18.2 Å². The van der Waals surface area contributed by atoms with E-state index in [9.17, 15) is 0 Å². The fourth-order valence-corrected chi connectivity index (χ4v) is 0. The Bertz CT molecular complexity index is 226. The van der Waals surface area contributed by atoms with Gasteiger partial charge in [0.15, 0.2) is 0 Å². The Hall–Kier alpha value is 0.960. The van der Waals surface area contributed by atoms with Crippen molar-refractivity contribution >= 4 is 58.5 Å². The minimum atomic E-state index is -4.67. The van der Waals surface area contributed by atoms with E-state index in [0.29, 0.717) is 0 Å². The summed E-state index contributed by atoms with van der Waals surface area (Å²) in [6.45, 7) is 0. The Morgan fingerprint density at radius 2 is 0.833 bits per heavy atom. The maximum Gasteiger partial charge on any atom is 2.00 e. The molecule has 0 aliphatic carbocycles. The first kappa shape index (κ1) is 23.1. The Kier molecular flexibility index (Phi) is 16.5. The summed E-state index contributed by atoms with van der Waals surface area (Å²) in [5.41, 5.74) is 0. The van der Waals surface area contributed by atoms with Gasteiger partial charge in [-0.15, -0.1) is 0 Å². The van der Waals surface area contributed by atoms with E-state index in [1.165, 1.54) is 0 Å². The van der Waals surface area contributed by atoms with Gasteiger partial charge in [-0.1, -0.05) is 0 Å². The molecule has 0 unspecified atom stereocenters. The molecule has 0 heterocycles.